The van der Waals surface area contributed by atoms with Crippen LogP contribution in [0.4, 0.5) is 0 Å². The summed E-state index contributed by atoms with van der Waals surface area (Å²) in [5, 5.41) is 11.7. The Bertz CT molecular complexity index is 458. The van der Waals surface area contributed by atoms with Gasteiger partial charge in [-0.25, -0.2) is 0 Å². The zero-order chi connectivity index (χ0) is 13.8. The lowest BCUT2D eigenvalue weighted by atomic mass is 9.81. The topological polar surface area (TPSA) is 45.0 Å². The van der Waals surface area contributed by atoms with Gasteiger partial charge in [0.2, 0.25) is 0 Å². The summed E-state index contributed by atoms with van der Waals surface area (Å²) in [5.74, 6) is 0.928. The average molecular weight is 246 g/mol. The molecule has 18 heavy (non-hydrogen) atoms. The van der Waals surface area contributed by atoms with Crippen LogP contribution in [0.25, 0.3) is 0 Å². The van der Waals surface area contributed by atoms with Crippen molar-refractivity contribution >= 4 is 0 Å². The average Bonchev–Trinajstić information content (AvgIpc) is 2.31. The third-order valence-electron chi connectivity index (χ3n) is 3.24. The fourth-order valence-electron chi connectivity index (χ4n) is 2.26. The summed E-state index contributed by atoms with van der Waals surface area (Å²) in [6.45, 7) is 9.70. The minimum absolute atomic E-state index is 0.00202. The van der Waals surface area contributed by atoms with E-state index in [4.69, 9.17) is 10.00 Å². The molecule has 0 atom stereocenters. The fraction of sp³-hybridized carbons (Fsp3) is 0.533. The molecule has 0 unspecified atom stereocenters. The monoisotopic (exact) mass is 246 g/mol. The van der Waals surface area contributed by atoms with Gasteiger partial charge in [0.1, 0.15) is 5.75 Å². The summed E-state index contributed by atoms with van der Waals surface area (Å²) in [7, 11) is 1.70. The SMILES string of the molecule is COc1cc(C)c(C(C)(C)CNCC#N)cc1C. The van der Waals surface area contributed by atoms with Gasteiger partial charge in [0.05, 0.1) is 19.7 Å². The molecule has 3 nitrogen and oxygen atoms in total. The van der Waals surface area contributed by atoms with Gasteiger partial charge in [-0.05, 0) is 36.6 Å². The van der Waals surface area contributed by atoms with Crippen molar-refractivity contribution in [3.63, 3.8) is 0 Å². The van der Waals surface area contributed by atoms with Crippen LogP contribution in [0.15, 0.2) is 12.1 Å². The summed E-state index contributed by atoms with van der Waals surface area (Å²) in [6, 6.07) is 6.37. The van der Waals surface area contributed by atoms with E-state index in [1.807, 2.05) is 0 Å². The maximum atomic E-state index is 8.57. The lowest BCUT2D eigenvalue weighted by Gasteiger charge is -2.28. The molecule has 0 bridgehead atoms. The van der Waals surface area contributed by atoms with Gasteiger partial charge in [-0.15, -0.1) is 0 Å². The molecule has 1 rings (SSSR count). The summed E-state index contributed by atoms with van der Waals surface area (Å²) in [4.78, 5) is 0. The Morgan fingerprint density at radius 2 is 1.94 bits per heavy atom. The molecule has 0 heterocycles. The predicted octanol–water partition coefficient (Wildman–Crippen LogP) is 2.70. The third kappa shape index (κ3) is 3.24. The number of nitrogens with one attached hydrogen (secondary N) is 1. The van der Waals surface area contributed by atoms with E-state index in [-0.39, 0.29) is 5.41 Å². The van der Waals surface area contributed by atoms with E-state index in [0.717, 1.165) is 17.9 Å². The Kier molecular flexibility index (Phi) is 4.75. The molecule has 0 saturated carbocycles. The van der Waals surface area contributed by atoms with E-state index < -0.39 is 0 Å². The second kappa shape index (κ2) is 5.88. The Hall–Kier alpha value is -1.53. The smallest absolute Gasteiger partial charge is 0.122 e. The van der Waals surface area contributed by atoms with Crippen LogP contribution >= 0.6 is 0 Å². The molecule has 0 fully saturated rings. The lowest BCUT2D eigenvalue weighted by molar-refractivity contribution is 0.409. The van der Waals surface area contributed by atoms with Gasteiger partial charge >= 0.3 is 0 Å². The van der Waals surface area contributed by atoms with Crippen LogP contribution in [-0.2, 0) is 5.41 Å². The molecule has 0 aromatic heterocycles. The number of hydrogen-bond donors (Lipinski definition) is 1. The first-order valence-corrected chi connectivity index (χ1v) is 6.15. The van der Waals surface area contributed by atoms with Crippen molar-refractivity contribution in [2.45, 2.75) is 33.1 Å². The highest BCUT2D eigenvalue weighted by Crippen LogP contribution is 2.31. The van der Waals surface area contributed by atoms with E-state index in [1.54, 1.807) is 7.11 Å². The quantitative estimate of drug-likeness (QED) is 0.642. The van der Waals surface area contributed by atoms with Crippen molar-refractivity contribution in [2.24, 2.45) is 0 Å². The van der Waals surface area contributed by atoms with E-state index in [0.29, 0.717) is 6.54 Å². The van der Waals surface area contributed by atoms with Crippen LogP contribution in [0.3, 0.4) is 0 Å². The number of rotatable bonds is 5. The lowest BCUT2D eigenvalue weighted by Crippen LogP contribution is -2.33. The summed E-state index contributed by atoms with van der Waals surface area (Å²) in [5.41, 5.74) is 3.66. The van der Waals surface area contributed by atoms with Gasteiger partial charge in [-0.3, -0.25) is 0 Å². The van der Waals surface area contributed by atoms with Gasteiger partial charge in [-0.2, -0.15) is 5.26 Å². The number of hydrogen-bond acceptors (Lipinski definition) is 3. The molecular weight excluding hydrogens is 224 g/mol. The highest BCUT2D eigenvalue weighted by molar-refractivity contribution is 5.44. The molecule has 1 N–H and O–H groups in total. The molecule has 1 aromatic carbocycles. The standard InChI is InChI=1S/C15H22N2O/c1-11-9-14(18-5)12(2)8-13(11)15(3,4)10-17-7-6-16/h8-9,17H,7,10H2,1-5H3. The highest BCUT2D eigenvalue weighted by atomic mass is 16.5. The zero-order valence-electron chi connectivity index (χ0n) is 11.9. The Morgan fingerprint density at radius 1 is 1.28 bits per heavy atom. The molecule has 1 aromatic rings. The molecule has 0 aliphatic heterocycles. The first-order valence-electron chi connectivity index (χ1n) is 6.15. The predicted molar refractivity (Wildman–Crippen MR) is 74.0 cm³/mol. The van der Waals surface area contributed by atoms with E-state index in [2.05, 4.69) is 51.2 Å². The third-order valence-corrected chi connectivity index (χ3v) is 3.24. The van der Waals surface area contributed by atoms with Crippen LogP contribution in [0.1, 0.15) is 30.5 Å². The summed E-state index contributed by atoms with van der Waals surface area (Å²) >= 11 is 0. The van der Waals surface area contributed by atoms with Gasteiger partial charge < -0.3 is 10.1 Å². The van der Waals surface area contributed by atoms with Crippen molar-refractivity contribution in [2.75, 3.05) is 20.2 Å². The maximum absolute atomic E-state index is 8.57. The minimum Gasteiger partial charge on any atom is -0.496 e. The molecule has 3 heteroatoms. The molecule has 0 radical (unpaired) electrons. The summed E-state index contributed by atoms with van der Waals surface area (Å²) in [6.07, 6.45) is 0. The van der Waals surface area contributed by atoms with Crippen molar-refractivity contribution in [3.8, 4) is 11.8 Å². The maximum Gasteiger partial charge on any atom is 0.122 e. The number of nitriles is 1. The minimum atomic E-state index is -0.00202. The normalized spacial score (nSPS) is 11.1. The molecule has 0 saturated heterocycles. The largest absolute Gasteiger partial charge is 0.496 e. The molecular formula is C15H22N2O. The van der Waals surface area contributed by atoms with Crippen molar-refractivity contribution in [1.82, 2.24) is 5.32 Å². The van der Waals surface area contributed by atoms with Gasteiger partial charge in [-0.1, -0.05) is 19.9 Å². The van der Waals surface area contributed by atoms with Crippen LogP contribution in [0, 0.1) is 25.2 Å². The zero-order valence-corrected chi connectivity index (χ0v) is 11.9. The molecule has 0 aliphatic rings. The first-order chi connectivity index (χ1) is 8.42. The van der Waals surface area contributed by atoms with Crippen LogP contribution < -0.4 is 10.1 Å². The Labute approximate surface area is 110 Å². The number of benzene rings is 1. The van der Waals surface area contributed by atoms with E-state index in [1.165, 1.54) is 11.1 Å². The van der Waals surface area contributed by atoms with Gasteiger partial charge in [0, 0.05) is 12.0 Å². The number of nitrogens with zero attached hydrogens (tertiary/aromatic N) is 1. The van der Waals surface area contributed by atoms with Crippen LogP contribution in [-0.4, -0.2) is 20.2 Å². The first kappa shape index (κ1) is 14.5. The van der Waals surface area contributed by atoms with Gasteiger partial charge in [0.25, 0.3) is 0 Å². The van der Waals surface area contributed by atoms with E-state index in [9.17, 15) is 0 Å². The molecule has 0 aliphatic carbocycles. The second-order valence-electron chi connectivity index (χ2n) is 5.28. The van der Waals surface area contributed by atoms with Crippen LogP contribution in [0.2, 0.25) is 0 Å². The molecule has 0 amide bonds. The second-order valence-corrected chi connectivity index (χ2v) is 5.28. The van der Waals surface area contributed by atoms with E-state index >= 15 is 0 Å². The Morgan fingerprint density at radius 3 is 2.50 bits per heavy atom. The summed E-state index contributed by atoms with van der Waals surface area (Å²) < 4.78 is 5.33. The van der Waals surface area contributed by atoms with Crippen LogP contribution in [0.5, 0.6) is 5.75 Å². The highest BCUT2D eigenvalue weighted by Gasteiger charge is 2.23. The van der Waals surface area contributed by atoms with Gasteiger partial charge in [0.15, 0.2) is 0 Å². The molecule has 0 spiro atoms. The van der Waals surface area contributed by atoms with Crippen molar-refractivity contribution in [1.29, 1.82) is 5.26 Å². The Balaban J connectivity index is 3.01. The number of aryl methyl sites for hydroxylation is 2. The van der Waals surface area contributed by atoms with Crippen molar-refractivity contribution in [3.05, 3.63) is 28.8 Å². The fourth-order valence-corrected chi connectivity index (χ4v) is 2.26. The number of methoxy groups -OCH3 is 1. The number of ether oxygens (including phenoxy) is 1. The molecule has 98 valence electrons. The van der Waals surface area contributed by atoms with Crippen molar-refractivity contribution < 1.29 is 4.74 Å².